The summed E-state index contributed by atoms with van der Waals surface area (Å²) in [6.07, 6.45) is 5.67. The fraction of sp³-hybridized carbons (Fsp3) is 0.267. The zero-order valence-corrected chi connectivity index (χ0v) is 12.6. The van der Waals surface area contributed by atoms with Crippen LogP contribution >= 0.6 is 0 Å². The summed E-state index contributed by atoms with van der Waals surface area (Å²) in [6.45, 7) is 1.99. The third-order valence-corrected chi connectivity index (χ3v) is 2.64. The van der Waals surface area contributed by atoms with E-state index in [1.807, 2.05) is 0 Å². The fourth-order valence-corrected chi connectivity index (χ4v) is 1.66. The van der Waals surface area contributed by atoms with E-state index in [1.54, 1.807) is 6.92 Å². The molecular weight excluding hydrogens is 290 g/mol. The molecular formula is C15H17NO6. The van der Waals surface area contributed by atoms with Gasteiger partial charge in [-0.05, 0) is 19.1 Å². The topological polar surface area (TPSA) is 87.9 Å². The van der Waals surface area contributed by atoms with Crippen LogP contribution < -0.4 is 9.47 Å². The second-order valence-corrected chi connectivity index (χ2v) is 3.99. The van der Waals surface area contributed by atoms with Crippen LogP contribution in [0.2, 0.25) is 0 Å². The molecule has 0 saturated heterocycles. The first-order valence-corrected chi connectivity index (χ1v) is 6.45. The Labute approximate surface area is 127 Å². The van der Waals surface area contributed by atoms with Crippen molar-refractivity contribution < 1.29 is 23.9 Å². The van der Waals surface area contributed by atoms with Crippen molar-refractivity contribution in [2.75, 3.05) is 20.8 Å². The van der Waals surface area contributed by atoms with E-state index < -0.39 is 10.9 Å². The first-order valence-electron chi connectivity index (χ1n) is 6.45. The lowest BCUT2D eigenvalue weighted by atomic mass is 10.1. The van der Waals surface area contributed by atoms with Gasteiger partial charge >= 0.3 is 5.97 Å². The molecule has 7 heteroatoms. The Hall–Kier alpha value is -2.83. The number of nitro benzene ring substituents is 1. The average molecular weight is 307 g/mol. The van der Waals surface area contributed by atoms with E-state index in [2.05, 4.69) is 0 Å². The molecule has 1 aromatic carbocycles. The second kappa shape index (κ2) is 8.46. The van der Waals surface area contributed by atoms with Crippen molar-refractivity contribution in [3.05, 3.63) is 46.0 Å². The second-order valence-electron chi connectivity index (χ2n) is 3.99. The summed E-state index contributed by atoms with van der Waals surface area (Å²) in [5.74, 6) is 0.171. The van der Waals surface area contributed by atoms with Crippen molar-refractivity contribution in [3.63, 3.8) is 0 Å². The molecule has 0 amide bonds. The van der Waals surface area contributed by atoms with Crippen molar-refractivity contribution in [3.8, 4) is 11.5 Å². The van der Waals surface area contributed by atoms with E-state index in [1.165, 1.54) is 50.7 Å². The number of carbonyl (C=O) groups is 1. The number of nitro groups is 1. The summed E-state index contributed by atoms with van der Waals surface area (Å²) < 4.78 is 14.9. The fourth-order valence-electron chi connectivity index (χ4n) is 1.66. The SMILES string of the molecule is CCOC(=O)C=CC=Cc1cc(OC)c(OC)cc1[N+](=O)[O-]. The van der Waals surface area contributed by atoms with Crippen LogP contribution in [-0.2, 0) is 9.53 Å². The van der Waals surface area contributed by atoms with E-state index in [9.17, 15) is 14.9 Å². The zero-order chi connectivity index (χ0) is 16.5. The molecule has 0 aliphatic rings. The van der Waals surface area contributed by atoms with Gasteiger partial charge in [0.2, 0.25) is 0 Å². The van der Waals surface area contributed by atoms with Gasteiger partial charge in [-0.2, -0.15) is 0 Å². The summed E-state index contributed by atoms with van der Waals surface area (Å²) in [7, 11) is 2.84. The van der Waals surface area contributed by atoms with Gasteiger partial charge in [0.15, 0.2) is 11.5 Å². The molecule has 0 aromatic heterocycles. The smallest absolute Gasteiger partial charge is 0.330 e. The number of hydrogen-bond acceptors (Lipinski definition) is 6. The maximum atomic E-state index is 11.1. The Kier molecular flexibility index (Phi) is 6.62. The Balaban J connectivity index is 3.07. The summed E-state index contributed by atoms with van der Waals surface area (Å²) in [4.78, 5) is 21.7. The monoisotopic (exact) mass is 307 g/mol. The molecule has 0 heterocycles. The van der Waals surface area contributed by atoms with Gasteiger partial charge in [0.1, 0.15) is 0 Å². The average Bonchev–Trinajstić information content (AvgIpc) is 2.50. The van der Waals surface area contributed by atoms with E-state index in [-0.39, 0.29) is 18.0 Å². The number of benzene rings is 1. The molecule has 0 aliphatic carbocycles. The van der Waals surface area contributed by atoms with Crippen LogP contribution in [0.5, 0.6) is 11.5 Å². The highest BCUT2D eigenvalue weighted by Crippen LogP contribution is 2.35. The number of rotatable bonds is 7. The number of esters is 1. The number of methoxy groups -OCH3 is 2. The molecule has 0 atom stereocenters. The maximum absolute atomic E-state index is 11.1. The van der Waals surface area contributed by atoms with Crippen LogP contribution in [0.4, 0.5) is 5.69 Å². The lowest BCUT2D eigenvalue weighted by molar-refractivity contribution is -0.385. The summed E-state index contributed by atoms with van der Waals surface area (Å²) in [5, 5.41) is 11.1. The normalized spacial score (nSPS) is 10.9. The molecule has 0 fully saturated rings. The minimum atomic E-state index is -0.517. The maximum Gasteiger partial charge on any atom is 0.330 e. The quantitative estimate of drug-likeness (QED) is 0.253. The Morgan fingerprint density at radius 2 is 1.86 bits per heavy atom. The molecule has 1 aromatic rings. The molecule has 0 bridgehead atoms. The molecule has 22 heavy (non-hydrogen) atoms. The highest BCUT2D eigenvalue weighted by atomic mass is 16.6. The zero-order valence-electron chi connectivity index (χ0n) is 12.6. The molecule has 0 spiro atoms. The molecule has 118 valence electrons. The molecule has 0 saturated carbocycles. The largest absolute Gasteiger partial charge is 0.493 e. The first kappa shape index (κ1) is 17.2. The number of hydrogen-bond donors (Lipinski definition) is 0. The van der Waals surface area contributed by atoms with Crippen molar-refractivity contribution in [2.24, 2.45) is 0 Å². The van der Waals surface area contributed by atoms with Gasteiger partial charge in [-0.1, -0.05) is 12.2 Å². The van der Waals surface area contributed by atoms with Crippen LogP contribution in [-0.4, -0.2) is 31.7 Å². The minimum absolute atomic E-state index is 0.126. The van der Waals surface area contributed by atoms with Crippen LogP contribution in [0.1, 0.15) is 12.5 Å². The van der Waals surface area contributed by atoms with E-state index in [0.717, 1.165) is 0 Å². The number of ether oxygens (including phenoxy) is 3. The van der Waals surface area contributed by atoms with Gasteiger partial charge < -0.3 is 14.2 Å². The number of nitrogens with zero attached hydrogens (tertiary/aromatic N) is 1. The van der Waals surface area contributed by atoms with Crippen LogP contribution in [0.3, 0.4) is 0 Å². The van der Waals surface area contributed by atoms with Crippen molar-refractivity contribution in [1.29, 1.82) is 0 Å². The first-order chi connectivity index (χ1) is 10.5. The van der Waals surface area contributed by atoms with Gasteiger partial charge in [-0.25, -0.2) is 4.79 Å². The molecule has 0 radical (unpaired) electrons. The van der Waals surface area contributed by atoms with Crippen molar-refractivity contribution in [2.45, 2.75) is 6.92 Å². The van der Waals surface area contributed by atoms with Crippen LogP contribution in [0.25, 0.3) is 6.08 Å². The highest BCUT2D eigenvalue weighted by molar-refractivity contribution is 5.82. The van der Waals surface area contributed by atoms with E-state index in [4.69, 9.17) is 14.2 Å². The number of allylic oxidation sites excluding steroid dienone is 2. The van der Waals surface area contributed by atoms with Crippen LogP contribution in [0, 0.1) is 10.1 Å². The van der Waals surface area contributed by atoms with Crippen molar-refractivity contribution in [1.82, 2.24) is 0 Å². The predicted molar refractivity (Wildman–Crippen MR) is 81.0 cm³/mol. The lowest BCUT2D eigenvalue weighted by Gasteiger charge is -2.08. The van der Waals surface area contributed by atoms with Gasteiger partial charge in [0.05, 0.1) is 37.4 Å². The summed E-state index contributed by atoms with van der Waals surface area (Å²) >= 11 is 0. The third-order valence-electron chi connectivity index (χ3n) is 2.64. The summed E-state index contributed by atoms with van der Waals surface area (Å²) in [6, 6.07) is 2.78. The molecule has 0 unspecified atom stereocenters. The van der Waals surface area contributed by atoms with Gasteiger partial charge in [-0.3, -0.25) is 10.1 Å². The van der Waals surface area contributed by atoms with E-state index in [0.29, 0.717) is 11.3 Å². The Morgan fingerprint density at radius 1 is 1.23 bits per heavy atom. The molecule has 1 rings (SSSR count). The Bertz CT molecular complexity index is 606. The predicted octanol–water partition coefficient (Wildman–Crippen LogP) is 2.74. The van der Waals surface area contributed by atoms with Crippen molar-refractivity contribution >= 4 is 17.7 Å². The minimum Gasteiger partial charge on any atom is -0.493 e. The standard InChI is InChI=1S/C15H17NO6/c1-4-22-15(17)8-6-5-7-11-9-13(20-2)14(21-3)10-12(11)16(18)19/h5-10H,4H2,1-3H3. The molecule has 0 N–H and O–H groups in total. The third kappa shape index (κ3) is 4.62. The van der Waals surface area contributed by atoms with Gasteiger partial charge in [0.25, 0.3) is 5.69 Å². The highest BCUT2D eigenvalue weighted by Gasteiger charge is 2.17. The Morgan fingerprint density at radius 3 is 2.41 bits per heavy atom. The van der Waals surface area contributed by atoms with Crippen LogP contribution in [0.15, 0.2) is 30.4 Å². The van der Waals surface area contributed by atoms with Gasteiger partial charge in [-0.15, -0.1) is 0 Å². The van der Waals surface area contributed by atoms with Gasteiger partial charge in [0, 0.05) is 6.08 Å². The molecule has 0 aliphatic heterocycles. The molecule has 7 nitrogen and oxygen atoms in total. The summed E-state index contributed by atoms with van der Waals surface area (Å²) in [5.41, 5.74) is 0.203. The number of carbonyl (C=O) groups excluding carboxylic acids is 1. The lowest BCUT2D eigenvalue weighted by Crippen LogP contribution is -1.98. The van der Waals surface area contributed by atoms with E-state index >= 15 is 0 Å².